The standard InChI is InChI=1S/C20H20ClN3O2/c1-25-18-5-3-2-4-15(18)12-24(17-10-11-17)13-19-22-23-20(26-19)14-6-8-16(21)9-7-14/h2-9,17H,10-13H2,1H3. The third-order valence-corrected chi connectivity index (χ3v) is 4.78. The minimum atomic E-state index is 0.518. The van der Waals surface area contributed by atoms with Crippen LogP contribution in [0.3, 0.4) is 0 Å². The second kappa shape index (κ2) is 7.48. The Morgan fingerprint density at radius 1 is 1.08 bits per heavy atom. The Kier molecular flexibility index (Phi) is 4.91. The molecular weight excluding hydrogens is 350 g/mol. The molecule has 1 aromatic heterocycles. The first kappa shape index (κ1) is 17.1. The fourth-order valence-electron chi connectivity index (χ4n) is 3.01. The largest absolute Gasteiger partial charge is 0.496 e. The molecule has 0 atom stereocenters. The van der Waals surface area contributed by atoms with Crippen LogP contribution in [0, 0.1) is 0 Å². The quantitative estimate of drug-likeness (QED) is 0.611. The number of methoxy groups -OCH3 is 1. The topological polar surface area (TPSA) is 51.4 Å². The Bertz CT molecular complexity index is 875. The zero-order chi connectivity index (χ0) is 17.9. The van der Waals surface area contributed by atoms with Crippen LogP contribution < -0.4 is 4.74 Å². The normalized spacial score (nSPS) is 14.0. The fraction of sp³-hybridized carbons (Fsp3) is 0.300. The van der Waals surface area contributed by atoms with Crippen molar-refractivity contribution in [2.24, 2.45) is 0 Å². The van der Waals surface area contributed by atoms with Crippen molar-refractivity contribution in [3.05, 3.63) is 65.0 Å². The zero-order valence-corrected chi connectivity index (χ0v) is 15.3. The average Bonchev–Trinajstić information content (AvgIpc) is 3.41. The van der Waals surface area contributed by atoms with E-state index in [-0.39, 0.29) is 0 Å². The van der Waals surface area contributed by atoms with Gasteiger partial charge in [0.15, 0.2) is 0 Å². The van der Waals surface area contributed by atoms with Gasteiger partial charge < -0.3 is 9.15 Å². The van der Waals surface area contributed by atoms with Gasteiger partial charge in [-0.3, -0.25) is 4.90 Å². The van der Waals surface area contributed by atoms with Crippen molar-refractivity contribution < 1.29 is 9.15 Å². The van der Waals surface area contributed by atoms with Gasteiger partial charge >= 0.3 is 0 Å². The molecule has 2 aromatic carbocycles. The molecule has 134 valence electrons. The molecule has 3 aromatic rings. The molecule has 0 spiro atoms. The van der Waals surface area contributed by atoms with Crippen molar-refractivity contribution in [2.45, 2.75) is 32.0 Å². The highest BCUT2D eigenvalue weighted by Crippen LogP contribution is 2.32. The van der Waals surface area contributed by atoms with Crippen LogP contribution in [0.4, 0.5) is 0 Å². The van der Waals surface area contributed by atoms with Gasteiger partial charge in [-0.2, -0.15) is 0 Å². The van der Waals surface area contributed by atoms with Crippen LogP contribution >= 0.6 is 11.6 Å². The molecule has 5 nitrogen and oxygen atoms in total. The van der Waals surface area contributed by atoms with E-state index in [0.717, 1.165) is 17.9 Å². The summed E-state index contributed by atoms with van der Waals surface area (Å²) in [4.78, 5) is 2.37. The van der Waals surface area contributed by atoms with Crippen LogP contribution in [0.1, 0.15) is 24.3 Å². The van der Waals surface area contributed by atoms with E-state index in [1.54, 1.807) is 7.11 Å². The van der Waals surface area contributed by atoms with Crippen LogP contribution in [-0.4, -0.2) is 28.2 Å². The molecule has 0 amide bonds. The van der Waals surface area contributed by atoms with Crippen molar-refractivity contribution in [3.8, 4) is 17.2 Å². The highest BCUT2D eigenvalue weighted by atomic mass is 35.5. The molecule has 0 aliphatic heterocycles. The summed E-state index contributed by atoms with van der Waals surface area (Å²) in [6.07, 6.45) is 2.40. The number of benzene rings is 2. The smallest absolute Gasteiger partial charge is 0.247 e. The van der Waals surface area contributed by atoms with E-state index in [2.05, 4.69) is 21.2 Å². The monoisotopic (exact) mass is 369 g/mol. The second-order valence-electron chi connectivity index (χ2n) is 6.46. The van der Waals surface area contributed by atoms with E-state index < -0.39 is 0 Å². The first-order chi connectivity index (χ1) is 12.7. The van der Waals surface area contributed by atoms with Gasteiger partial charge in [-0.05, 0) is 43.2 Å². The van der Waals surface area contributed by atoms with Gasteiger partial charge in [-0.25, -0.2) is 0 Å². The first-order valence-electron chi connectivity index (χ1n) is 8.67. The number of aromatic nitrogens is 2. The lowest BCUT2D eigenvalue weighted by Crippen LogP contribution is -2.25. The molecule has 1 aliphatic carbocycles. The van der Waals surface area contributed by atoms with E-state index in [1.165, 1.54) is 18.4 Å². The minimum absolute atomic E-state index is 0.518. The molecule has 1 saturated carbocycles. The van der Waals surface area contributed by atoms with Crippen molar-refractivity contribution in [1.29, 1.82) is 0 Å². The number of ether oxygens (including phenoxy) is 1. The predicted molar refractivity (Wildman–Crippen MR) is 100 cm³/mol. The van der Waals surface area contributed by atoms with E-state index in [4.69, 9.17) is 20.8 Å². The molecule has 1 fully saturated rings. The lowest BCUT2D eigenvalue weighted by atomic mass is 10.2. The number of rotatable bonds is 7. The maximum Gasteiger partial charge on any atom is 0.247 e. The predicted octanol–water partition coefficient (Wildman–Crippen LogP) is 4.56. The molecule has 0 saturated heterocycles. The van der Waals surface area contributed by atoms with Crippen molar-refractivity contribution >= 4 is 11.6 Å². The molecule has 0 unspecified atom stereocenters. The summed E-state index contributed by atoms with van der Waals surface area (Å²) in [6.45, 7) is 1.43. The van der Waals surface area contributed by atoms with Gasteiger partial charge in [-0.15, -0.1) is 10.2 Å². The maximum absolute atomic E-state index is 5.93. The zero-order valence-electron chi connectivity index (χ0n) is 14.6. The first-order valence-corrected chi connectivity index (χ1v) is 9.05. The van der Waals surface area contributed by atoms with Crippen LogP contribution in [0.25, 0.3) is 11.5 Å². The Morgan fingerprint density at radius 3 is 2.58 bits per heavy atom. The summed E-state index contributed by atoms with van der Waals surface area (Å²) in [5.41, 5.74) is 2.04. The summed E-state index contributed by atoms with van der Waals surface area (Å²) in [7, 11) is 1.71. The van der Waals surface area contributed by atoms with Gasteiger partial charge in [0.25, 0.3) is 0 Å². The SMILES string of the molecule is COc1ccccc1CN(Cc1nnc(-c2ccc(Cl)cc2)o1)C1CC1. The number of halogens is 1. The Labute approximate surface area is 157 Å². The minimum Gasteiger partial charge on any atom is -0.496 e. The maximum atomic E-state index is 5.93. The molecule has 4 rings (SSSR count). The van der Waals surface area contributed by atoms with Crippen molar-refractivity contribution in [2.75, 3.05) is 7.11 Å². The molecule has 1 aliphatic rings. The van der Waals surface area contributed by atoms with Crippen LogP contribution in [-0.2, 0) is 13.1 Å². The highest BCUT2D eigenvalue weighted by molar-refractivity contribution is 6.30. The van der Waals surface area contributed by atoms with E-state index in [0.29, 0.717) is 29.4 Å². The summed E-state index contributed by atoms with van der Waals surface area (Å²) in [5.74, 6) is 2.05. The van der Waals surface area contributed by atoms with E-state index in [1.807, 2.05) is 42.5 Å². The average molecular weight is 370 g/mol. The number of nitrogens with zero attached hydrogens (tertiary/aromatic N) is 3. The summed E-state index contributed by atoms with van der Waals surface area (Å²) < 4.78 is 11.4. The molecule has 0 radical (unpaired) electrons. The number of hydrogen-bond donors (Lipinski definition) is 0. The third kappa shape index (κ3) is 3.89. The second-order valence-corrected chi connectivity index (χ2v) is 6.89. The lowest BCUT2D eigenvalue weighted by Gasteiger charge is -2.21. The van der Waals surface area contributed by atoms with Crippen LogP contribution in [0.15, 0.2) is 52.9 Å². The van der Waals surface area contributed by atoms with E-state index in [9.17, 15) is 0 Å². The molecule has 1 heterocycles. The van der Waals surface area contributed by atoms with Crippen LogP contribution in [0.5, 0.6) is 5.75 Å². The molecule has 0 bridgehead atoms. The molecular formula is C20H20ClN3O2. The van der Waals surface area contributed by atoms with E-state index >= 15 is 0 Å². The van der Waals surface area contributed by atoms with Crippen molar-refractivity contribution in [1.82, 2.24) is 15.1 Å². The third-order valence-electron chi connectivity index (χ3n) is 4.53. The lowest BCUT2D eigenvalue weighted by molar-refractivity contribution is 0.218. The summed E-state index contributed by atoms with van der Waals surface area (Å²) >= 11 is 5.93. The number of hydrogen-bond acceptors (Lipinski definition) is 5. The molecule has 26 heavy (non-hydrogen) atoms. The Hall–Kier alpha value is -2.37. The molecule has 0 N–H and O–H groups in total. The summed E-state index contributed by atoms with van der Waals surface area (Å²) in [5, 5.41) is 9.09. The Morgan fingerprint density at radius 2 is 1.85 bits per heavy atom. The highest BCUT2D eigenvalue weighted by Gasteiger charge is 2.30. The van der Waals surface area contributed by atoms with Crippen LogP contribution in [0.2, 0.25) is 5.02 Å². The van der Waals surface area contributed by atoms with Crippen molar-refractivity contribution in [3.63, 3.8) is 0 Å². The van der Waals surface area contributed by atoms with Gasteiger partial charge in [0.1, 0.15) is 5.75 Å². The molecule has 6 heteroatoms. The number of para-hydroxylation sites is 1. The van der Waals surface area contributed by atoms with Gasteiger partial charge in [0.2, 0.25) is 11.8 Å². The summed E-state index contributed by atoms with van der Waals surface area (Å²) in [6, 6.07) is 16.1. The van der Waals surface area contributed by atoms with Gasteiger partial charge in [0.05, 0.1) is 13.7 Å². The fourth-order valence-corrected chi connectivity index (χ4v) is 3.13. The van der Waals surface area contributed by atoms with Gasteiger partial charge in [0, 0.05) is 28.7 Å². The Balaban J connectivity index is 1.50. The van der Waals surface area contributed by atoms with Gasteiger partial charge in [-0.1, -0.05) is 29.8 Å².